The van der Waals surface area contributed by atoms with Gasteiger partial charge < -0.3 is 21.5 Å². The van der Waals surface area contributed by atoms with E-state index in [4.69, 9.17) is 5.73 Å². The third-order valence-electron chi connectivity index (χ3n) is 3.65. The van der Waals surface area contributed by atoms with Crippen LogP contribution in [0.3, 0.4) is 0 Å². The maximum atomic E-state index is 9.55. The number of nitrogen functional groups attached to an aromatic ring is 1. The van der Waals surface area contributed by atoms with Gasteiger partial charge >= 0.3 is 0 Å². The van der Waals surface area contributed by atoms with E-state index in [0.717, 1.165) is 5.69 Å². The lowest BCUT2D eigenvalue weighted by Crippen LogP contribution is -2.06. The zero-order chi connectivity index (χ0) is 18.6. The number of benzene rings is 2. The summed E-state index contributed by atoms with van der Waals surface area (Å²) in [5.74, 6) is 1.66. The molecular formula is C18H16N8O. The van der Waals surface area contributed by atoms with Crippen LogP contribution < -0.4 is 16.4 Å². The lowest BCUT2D eigenvalue weighted by Gasteiger charge is -2.07. The third kappa shape index (κ3) is 3.76. The van der Waals surface area contributed by atoms with E-state index in [1.807, 2.05) is 30.3 Å². The number of nitrogens with two attached hydrogens (primary N) is 1. The van der Waals surface area contributed by atoms with Crippen LogP contribution in [-0.2, 0) is 0 Å². The molecule has 5 N–H and O–H groups in total. The van der Waals surface area contributed by atoms with Crippen molar-refractivity contribution in [3.63, 3.8) is 0 Å². The molecule has 0 spiro atoms. The van der Waals surface area contributed by atoms with Crippen molar-refractivity contribution in [2.75, 3.05) is 16.4 Å². The third-order valence-corrected chi connectivity index (χ3v) is 3.65. The quantitative estimate of drug-likeness (QED) is 0.428. The summed E-state index contributed by atoms with van der Waals surface area (Å²) in [6.07, 6.45) is 1.42. The largest absolute Gasteiger partial charge is 0.508 e. The number of hydrogen-bond donors (Lipinski definition) is 4. The average Bonchev–Trinajstić information content (AvgIpc) is 3.03. The normalized spacial score (nSPS) is 10.5. The Balaban J connectivity index is 1.58. The number of phenolic OH excluding ortho intramolecular Hbond substituents is 1. The van der Waals surface area contributed by atoms with Crippen LogP contribution in [0.15, 0.2) is 67.0 Å². The van der Waals surface area contributed by atoms with Crippen molar-refractivity contribution >= 4 is 29.1 Å². The summed E-state index contributed by atoms with van der Waals surface area (Å²) in [6, 6.07) is 18.0. The van der Waals surface area contributed by atoms with Gasteiger partial charge in [-0.2, -0.15) is 9.67 Å². The Bertz CT molecular complexity index is 1060. The molecule has 0 bridgehead atoms. The molecule has 0 saturated carbocycles. The molecule has 2 heterocycles. The number of aromatic hydroxyl groups is 1. The number of nitrogens with zero attached hydrogens (tertiary/aromatic N) is 5. The van der Waals surface area contributed by atoms with Crippen molar-refractivity contribution in [1.82, 2.24) is 24.7 Å². The molecule has 0 aliphatic rings. The van der Waals surface area contributed by atoms with Crippen molar-refractivity contribution in [3.8, 4) is 11.6 Å². The topological polar surface area (TPSA) is 127 Å². The van der Waals surface area contributed by atoms with E-state index in [2.05, 4.69) is 30.7 Å². The van der Waals surface area contributed by atoms with Crippen LogP contribution in [0.5, 0.6) is 5.75 Å². The highest BCUT2D eigenvalue weighted by Crippen LogP contribution is 2.21. The first-order chi connectivity index (χ1) is 13.2. The van der Waals surface area contributed by atoms with Crippen LogP contribution in [0, 0.1) is 0 Å². The molecule has 0 radical (unpaired) electrons. The summed E-state index contributed by atoms with van der Waals surface area (Å²) in [6.45, 7) is 0. The molecule has 4 rings (SSSR count). The lowest BCUT2D eigenvalue weighted by atomic mass is 10.3. The van der Waals surface area contributed by atoms with Gasteiger partial charge in [0, 0.05) is 23.5 Å². The maximum absolute atomic E-state index is 9.55. The molecule has 4 aromatic rings. The first-order valence-electron chi connectivity index (χ1n) is 8.10. The van der Waals surface area contributed by atoms with E-state index in [1.165, 1.54) is 11.0 Å². The van der Waals surface area contributed by atoms with Gasteiger partial charge in [0.25, 0.3) is 0 Å². The Morgan fingerprint density at radius 3 is 2.52 bits per heavy atom. The van der Waals surface area contributed by atoms with Gasteiger partial charge in [-0.3, -0.25) is 0 Å². The minimum atomic E-state index is 0.139. The molecule has 0 fully saturated rings. The number of nitrogens with one attached hydrogen (secondary N) is 2. The molecule has 0 aliphatic carbocycles. The maximum Gasteiger partial charge on any atom is 0.248 e. The fourth-order valence-corrected chi connectivity index (χ4v) is 2.46. The molecule has 0 atom stereocenters. The highest BCUT2D eigenvalue weighted by molar-refractivity contribution is 5.59. The number of phenols is 1. The Morgan fingerprint density at radius 2 is 1.70 bits per heavy atom. The molecule has 9 heteroatoms. The smallest absolute Gasteiger partial charge is 0.248 e. The Hall–Kier alpha value is -4.14. The predicted molar refractivity (Wildman–Crippen MR) is 102 cm³/mol. The monoisotopic (exact) mass is 360 g/mol. The van der Waals surface area contributed by atoms with E-state index in [0.29, 0.717) is 17.3 Å². The van der Waals surface area contributed by atoms with E-state index < -0.39 is 0 Å². The molecular weight excluding hydrogens is 344 g/mol. The second kappa shape index (κ2) is 7.00. The summed E-state index contributed by atoms with van der Waals surface area (Å²) < 4.78 is 1.41. The highest BCUT2D eigenvalue weighted by Gasteiger charge is 2.11. The average molecular weight is 360 g/mol. The van der Waals surface area contributed by atoms with Crippen LogP contribution in [0.2, 0.25) is 0 Å². The summed E-state index contributed by atoms with van der Waals surface area (Å²) >= 11 is 0. The number of aromatic nitrogens is 5. The molecule has 134 valence electrons. The zero-order valence-electron chi connectivity index (χ0n) is 14.1. The van der Waals surface area contributed by atoms with Gasteiger partial charge in [0.05, 0.1) is 0 Å². The number of rotatable bonds is 5. The van der Waals surface area contributed by atoms with Crippen LogP contribution in [0.1, 0.15) is 0 Å². The Morgan fingerprint density at radius 1 is 0.889 bits per heavy atom. The fourth-order valence-electron chi connectivity index (χ4n) is 2.46. The van der Waals surface area contributed by atoms with Crippen molar-refractivity contribution in [3.05, 3.63) is 67.0 Å². The summed E-state index contributed by atoms with van der Waals surface area (Å²) in [4.78, 5) is 12.6. The summed E-state index contributed by atoms with van der Waals surface area (Å²) in [5.41, 5.74) is 7.52. The van der Waals surface area contributed by atoms with Gasteiger partial charge in [-0.05, 0) is 24.3 Å². The van der Waals surface area contributed by atoms with E-state index in [1.54, 1.807) is 30.3 Å². The van der Waals surface area contributed by atoms with Crippen molar-refractivity contribution in [1.29, 1.82) is 0 Å². The number of anilines is 5. The standard InChI is InChI=1S/C18H16N8O/c19-17-24-18(23-13-7-4-8-14(27)9-13)25-26(17)16-10-15(20-11-21-16)22-12-5-2-1-3-6-12/h1-11,27H,(H,20,21,22)(H3,19,23,24,25). The minimum absolute atomic E-state index is 0.139. The zero-order valence-corrected chi connectivity index (χ0v) is 14.1. The van der Waals surface area contributed by atoms with E-state index in [-0.39, 0.29) is 17.6 Å². The van der Waals surface area contributed by atoms with E-state index >= 15 is 0 Å². The SMILES string of the molecule is Nc1nc(Nc2cccc(O)c2)nn1-c1cc(Nc2ccccc2)ncn1. The number of para-hydroxylation sites is 1. The van der Waals surface area contributed by atoms with Crippen molar-refractivity contribution in [2.24, 2.45) is 0 Å². The molecule has 27 heavy (non-hydrogen) atoms. The molecule has 2 aromatic heterocycles. The predicted octanol–water partition coefficient (Wildman–Crippen LogP) is 2.83. The Labute approximate surface area is 154 Å². The molecule has 9 nitrogen and oxygen atoms in total. The molecule has 0 saturated heterocycles. The summed E-state index contributed by atoms with van der Waals surface area (Å²) in [7, 11) is 0. The fraction of sp³-hybridized carbons (Fsp3) is 0. The van der Waals surface area contributed by atoms with Gasteiger partial charge in [-0.25, -0.2) is 9.97 Å². The second-order valence-corrected chi connectivity index (χ2v) is 5.63. The Kier molecular flexibility index (Phi) is 4.24. The van der Waals surface area contributed by atoms with Crippen LogP contribution >= 0.6 is 0 Å². The highest BCUT2D eigenvalue weighted by atomic mass is 16.3. The van der Waals surface area contributed by atoms with Crippen LogP contribution in [0.25, 0.3) is 5.82 Å². The van der Waals surface area contributed by atoms with E-state index in [9.17, 15) is 5.11 Å². The first-order valence-corrected chi connectivity index (χ1v) is 8.10. The second-order valence-electron chi connectivity index (χ2n) is 5.63. The van der Waals surface area contributed by atoms with Crippen LogP contribution in [0.4, 0.5) is 29.1 Å². The van der Waals surface area contributed by atoms with Gasteiger partial charge in [0.1, 0.15) is 17.9 Å². The molecule has 2 aromatic carbocycles. The number of hydrogen-bond acceptors (Lipinski definition) is 8. The van der Waals surface area contributed by atoms with Gasteiger partial charge in [-0.1, -0.05) is 24.3 Å². The van der Waals surface area contributed by atoms with Crippen molar-refractivity contribution < 1.29 is 5.11 Å². The van der Waals surface area contributed by atoms with Gasteiger partial charge in [0.15, 0.2) is 5.82 Å². The van der Waals surface area contributed by atoms with Crippen molar-refractivity contribution in [2.45, 2.75) is 0 Å². The molecule has 0 amide bonds. The minimum Gasteiger partial charge on any atom is -0.508 e. The summed E-state index contributed by atoms with van der Waals surface area (Å²) in [5, 5.41) is 20.0. The van der Waals surface area contributed by atoms with Gasteiger partial charge in [-0.15, -0.1) is 5.10 Å². The van der Waals surface area contributed by atoms with Crippen LogP contribution in [-0.4, -0.2) is 29.8 Å². The lowest BCUT2D eigenvalue weighted by molar-refractivity contribution is 0.475. The molecule has 0 aliphatic heterocycles. The first kappa shape index (κ1) is 16.3. The van der Waals surface area contributed by atoms with Gasteiger partial charge in [0.2, 0.25) is 11.9 Å². The molecule has 0 unspecified atom stereocenters.